The standard InChI is InChI=1S/C19H27NO6/c1-5-24-16-12-13-20(14-8-10-15(23-4)11-9-14)19(16,17(21)25-6-2)18(22)26-7-3/h8-11,16H,5-7,12-13H2,1-4H3. The maximum atomic E-state index is 13.0. The lowest BCUT2D eigenvalue weighted by molar-refractivity contribution is -0.170. The van der Waals surface area contributed by atoms with Crippen LogP contribution in [0, 0.1) is 0 Å². The Morgan fingerprint density at radius 2 is 1.62 bits per heavy atom. The molecule has 1 fully saturated rings. The van der Waals surface area contributed by atoms with Crippen LogP contribution in [0.1, 0.15) is 27.2 Å². The number of hydrogen-bond acceptors (Lipinski definition) is 7. The fraction of sp³-hybridized carbons (Fsp3) is 0.579. The Morgan fingerprint density at radius 1 is 1.04 bits per heavy atom. The van der Waals surface area contributed by atoms with Crippen LogP contribution in [-0.4, -0.2) is 57.1 Å². The van der Waals surface area contributed by atoms with Gasteiger partial charge in [-0.3, -0.25) is 0 Å². The van der Waals surface area contributed by atoms with Gasteiger partial charge in [-0.2, -0.15) is 0 Å². The Balaban J connectivity index is 2.54. The lowest BCUT2D eigenvalue weighted by Crippen LogP contribution is -2.64. The average Bonchev–Trinajstić information content (AvgIpc) is 3.02. The van der Waals surface area contributed by atoms with Crippen molar-refractivity contribution in [3.63, 3.8) is 0 Å². The first-order chi connectivity index (χ1) is 12.6. The molecule has 144 valence electrons. The first kappa shape index (κ1) is 20.0. The van der Waals surface area contributed by atoms with E-state index in [0.717, 1.165) is 0 Å². The Morgan fingerprint density at radius 3 is 2.08 bits per heavy atom. The molecule has 1 saturated heterocycles. The minimum atomic E-state index is -1.66. The summed E-state index contributed by atoms with van der Waals surface area (Å²) in [7, 11) is 1.58. The van der Waals surface area contributed by atoms with E-state index < -0.39 is 23.6 Å². The minimum Gasteiger partial charge on any atom is -0.497 e. The van der Waals surface area contributed by atoms with E-state index in [9.17, 15) is 9.59 Å². The van der Waals surface area contributed by atoms with Crippen LogP contribution in [0.4, 0.5) is 5.69 Å². The second kappa shape index (κ2) is 8.89. The molecule has 1 aromatic carbocycles. The maximum absolute atomic E-state index is 13.0. The summed E-state index contributed by atoms with van der Waals surface area (Å²) in [6.45, 7) is 6.41. The van der Waals surface area contributed by atoms with E-state index in [-0.39, 0.29) is 13.2 Å². The molecule has 0 aromatic heterocycles. The van der Waals surface area contributed by atoms with Gasteiger partial charge in [0, 0.05) is 18.8 Å². The SMILES string of the molecule is CCOC(=O)C1(C(=O)OCC)C(OCC)CCN1c1ccc(OC)cc1. The Kier molecular flexibility index (Phi) is 6.85. The summed E-state index contributed by atoms with van der Waals surface area (Å²) in [6.07, 6.45) is -0.134. The zero-order valence-electron chi connectivity index (χ0n) is 15.8. The lowest BCUT2D eigenvalue weighted by atomic mass is 9.92. The molecule has 7 nitrogen and oxygen atoms in total. The molecule has 0 radical (unpaired) electrons. The molecule has 1 heterocycles. The summed E-state index contributed by atoms with van der Waals surface area (Å²) in [4.78, 5) is 27.7. The van der Waals surface area contributed by atoms with Crippen molar-refractivity contribution in [2.75, 3.05) is 38.4 Å². The van der Waals surface area contributed by atoms with E-state index in [4.69, 9.17) is 18.9 Å². The van der Waals surface area contributed by atoms with Gasteiger partial charge in [-0.1, -0.05) is 0 Å². The highest BCUT2D eigenvalue weighted by Crippen LogP contribution is 2.39. The second-order valence-electron chi connectivity index (χ2n) is 5.79. The van der Waals surface area contributed by atoms with Crippen LogP contribution in [0.15, 0.2) is 24.3 Å². The second-order valence-corrected chi connectivity index (χ2v) is 5.79. The maximum Gasteiger partial charge on any atom is 0.346 e. The molecule has 0 bridgehead atoms. The van der Waals surface area contributed by atoms with Crippen LogP contribution in [-0.2, 0) is 23.8 Å². The smallest absolute Gasteiger partial charge is 0.346 e. The first-order valence-corrected chi connectivity index (χ1v) is 8.93. The van der Waals surface area contributed by atoms with Crippen LogP contribution < -0.4 is 9.64 Å². The molecule has 0 amide bonds. The Bertz CT molecular complexity index is 597. The quantitative estimate of drug-likeness (QED) is 0.516. The van der Waals surface area contributed by atoms with Gasteiger partial charge in [0.25, 0.3) is 5.54 Å². The monoisotopic (exact) mass is 365 g/mol. The largest absolute Gasteiger partial charge is 0.497 e. The van der Waals surface area contributed by atoms with E-state index in [1.807, 2.05) is 6.92 Å². The highest BCUT2D eigenvalue weighted by molar-refractivity contribution is 6.10. The average molecular weight is 365 g/mol. The predicted molar refractivity (Wildman–Crippen MR) is 96.4 cm³/mol. The molecule has 0 aliphatic carbocycles. The van der Waals surface area contributed by atoms with Crippen LogP contribution in [0.25, 0.3) is 0 Å². The van der Waals surface area contributed by atoms with Crippen molar-refractivity contribution in [2.45, 2.75) is 38.8 Å². The third-order valence-corrected chi connectivity index (χ3v) is 4.43. The molecule has 0 spiro atoms. The Labute approximate surface area is 154 Å². The number of carbonyl (C=O) groups excluding carboxylic acids is 2. The molecule has 0 N–H and O–H groups in total. The molecular weight excluding hydrogens is 338 g/mol. The summed E-state index contributed by atoms with van der Waals surface area (Å²) < 4.78 is 21.5. The van der Waals surface area contributed by atoms with Crippen molar-refractivity contribution >= 4 is 17.6 Å². The predicted octanol–water partition coefficient (Wildman–Crippen LogP) is 2.18. The highest BCUT2D eigenvalue weighted by Gasteiger charge is 2.63. The molecule has 1 aromatic rings. The third kappa shape index (κ3) is 3.49. The normalized spacial score (nSPS) is 18.5. The number of ether oxygens (including phenoxy) is 4. The number of nitrogens with zero attached hydrogens (tertiary/aromatic N) is 1. The molecule has 1 aliphatic rings. The number of benzene rings is 1. The number of rotatable bonds is 8. The van der Waals surface area contributed by atoms with E-state index in [1.54, 1.807) is 50.1 Å². The van der Waals surface area contributed by atoms with Crippen LogP contribution in [0.5, 0.6) is 5.75 Å². The van der Waals surface area contributed by atoms with Crippen LogP contribution >= 0.6 is 0 Å². The number of anilines is 1. The van der Waals surface area contributed by atoms with Crippen LogP contribution in [0.2, 0.25) is 0 Å². The molecule has 2 rings (SSSR count). The first-order valence-electron chi connectivity index (χ1n) is 8.93. The van der Waals surface area contributed by atoms with Gasteiger partial charge in [0.05, 0.1) is 20.3 Å². The zero-order valence-corrected chi connectivity index (χ0v) is 15.8. The summed E-state index contributed by atoms with van der Waals surface area (Å²) in [5.41, 5.74) is -0.953. The molecular formula is C19H27NO6. The summed E-state index contributed by atoms with van der Waals surface area (Å²) >= 11 is 0. The van der Waals surface area contributed by atoms with E-state index >= 15 is 0 Å². The molecule has 1 aliphatic heterocycles. The third-order valence-electron chi connectivity index (χ3n) is 4.43. The fourth-order valence-corrected chi connectivity index (χ4v) is 3.35. The van der Waals surface area contributed by atoms with Crippen molar-refractivity contribution in [2.24, 2.45) is 0 Å². The van der Waals surface area contributed by atoms with Crippen molar-refractivity contribution in [1.82, 2.24) is 0 Å². The molecule has 0 saturated carbocycles. The van der Waals surface area contributed by atoms with Crippen LogP contribution in [0.3, 0.4) is 0 Å². The fourth-order valence-electron chi connectivity index (χ4n) is 3.35. The van der Waals surface area contributed by atoms with Crippen molar-refractivity contribution in [3.8, 4) is 5.75 Å². The molecule has 1 unspecified atom stereocenters. The Hall–Kier alpha value is -2.28. The number of esters is 2. The number of hydrogen-bond donors (Lipinski definition) is 0. The van der Waals surface area contributed by atoms with Crippen molar-refractivity contribution < 1.29 is 28.5 Å². The van der Waals surface area contributed by atoms with Gasteiger partial charge < -0.3 is 23.8 Å². The van der Waals surface area contributed by atoms with Crippen molar-refractivity contribution in [1.29, 1.82) is 0 Å². The molecule has 7 heteroatoms. The lowest BCUT2D eigenvalue weighted by Gasteiger charge is -2.38. The van der Waals surface area contributed by atoms with Gasteiger partial charge in [0.1, 0.15) is 11.9 Å². The minimum absolute atomic E-state index is 0.162. The number of methoxy groups -OCH3 is 1. The van der Waals surface area contributed by atoms with Crippen molar-refractivity contribution in [3.05, 3.63) is 24.3 Å². The van der Waals surface area contributed by atoms with Gasteiger partial charge in [0.15, 0.2) is 0 Å². The van der Waals surface area contributed by atoms with Gasteiger partial charge in [0.2, 0.25) is 0 Å². The molecule has 26 heavy (non-hydrogen) atoms. The summed E-state index contributed by atoms with van der Waals surface area (Å²) in [5, 5.41) is 0. The van der Waals surface area contributed by atoms with E-state index in [1.165, 1.54) is 0 Å². The van der Waals surface area contributed by atoms with Gasteiger partial charge >= 0.3 is 11.9 Å². The summed E-state index contributed by atoms with van der Waals surface area (Å²) in [5.74, 6) is -0.609. The van der Waals surface area contributed by atoms with E-state index in [2.05, 4.69) is 0 Å². The number of carbonyl (C=O) groups is 2. The zero-order chi connectivity index (χ0) is 19.2. The van der Waals surface area contributed by atoms with E-state index in [0.29, 0.717) is 31.0 Å². The highest BCUT2D eigenvalue weighted by atomic mass is 16.6. The van der Waals surface area contributed by atoms with Gasteiger partial charge in [-0.05, 0) is 51.5 Å². The van der Waals surface area contributed by atoms with Gasteiger partial charge in [-0.25, -0.2) is 9.59 Å². The van der Waals surface area contributed by atoms with Gasteiger partial charge in [-0.15, -0.1) is 0 Å². The topological polar surface area (TPSA) is 74.3 Å². The summed E-state index contributed by atoms with van der Waals surface area (Å²) in [6, 6.07) is 7.18. The molecule has 1 atom stereocenters.